The van der Waals surface area contributed by atoms with Crippen molar-refractivity contribution in [3.05, 3.63) is 58.7 Å². The zero-order chi connectivity index (χ0) is 18.1. The van der Waals surface area contributed by atoms with Gasteiger partial charge in [-0.05, 0) is 31.0 Å². The number of carbonyl (C=O) groups excluding carboxylic acids is 2. The van der Waals surface area contributed by atoms with Crippen LogP contribution in [-0.2, 0) is 4.79 Å². The Balaban J connectivity index is 1.55. The highest BCUT2D eigenvalue weighted by molar-refractivity contribution is 7.21. The van der Waals surface area contributed by atoms with Crippen LogP contribution >= 0.6 is 22.9 Å². The van der Waals surface area contributed by atoms with Crippen molar-refractivity contribution in [1.29, 1.82) is 0 Å². The maximum Gasteiger partial charge on any atom is 0.263 e. The second-order valence-corrected chi connectivity index (χ2v) is 7.54. The smallest absolute Gasteiger partial charge is 0.263 e. The Hall–Kier alpha value is -2.44. The highest BCUT2D eigenvalue weighted by atomic mass is 35.5. The number of halogens is 1. The number of aromatic nitrogens is 1. The van der Waals surface area contributed by atoms with Gasteiger partial charge in [0.05, 0.1) is 16.9 Å². The highest BCUT2D eigenvalue weighted by Crippen LogP contribution is 2.35. The van der Waals surface area contributed by atoms with Crippen molar-refractivity contribution < 1.29 is 9.59 Å². The molecule has 0 saturated carbocycles. The van der Waals surface area contributed by atoms with E-state index in [9.17, 15) is 9.59 Å². The van der Waals surface area contributed by atoms with Crippen molar-refractivity contribution >= 4 is 50.5 Å². The lowest BCUT2D eigenvalue weighted by atomic mass is 10.0. The van der Waals surface area contributed by atoms with Crippen LogP contribution in [0.3, 0.4) is 0 Å². The number of benzene rings is 1. The minimum Gasteiger partial charge on any atom is -0.339 e. The van der Waals surface area contributed by atoms with Crippen LogP contribution in [-0.4, -0.2) is 29.4 Å². The van der Waals surface area contributed by atoms with Crippen LogP contribution in [0.25, 0.3) is 10.1 Å². The maximum atomic E-state index is 12.8. The molecule has 1 saturated heterocycles. The number of amides is 2. The van der Waals surface area contributed by atoms with Crippen molar-refractivity contribution in [3.8, 4) is 0 Å². The number of nitrogens with zero attached hydrogens (tertiary/aromatic N) is 2. The quantitative estimate of drug-likeness (QED) is 0.744. The highest BCUT2D eigenvalue weighted by Gasteiger charge is 2.32. The molecule has 3 heterocycles. The maximum absolute atomic E-state index is 12.8. The van der Waals surface area contributed by atoms with Gasteiger partial charge >= 0.3 is 0 Å². The first-order chi connectivity index (χ1) is 12.6. The molecule has 0 spiro atoms. The fraction of sp³-hybridized carbons (Fsp3) is 0.211. The number of nitrogens with one attached hydrogen (secondary N) is 1. The second-order valence-electron chi connectivity index (χ2n) is 6.11. The molecule has 7 heteroatoms. The van der Waals surface area contributed by atoms with E-state index < -0.39 is 6.04 Å². The third-order valence-corrected chi connectivity index (χ3v) is 6.12. The first kappa shape index (κ1) is 17.0. The van der Waals surface area contributed by atoms with Crippen LogP contribution in [0.15, 0.2) is 48.8 Å². The summed E-state index contributed by atoms with van der Waals surface area (Å²) in [5.41, 5.74) is 0.747. The van der Waals surface area contributed by atoms with Gasteiger partial charge in [0.25, 0.3) is 5.91 Å². The molecule has 4 rings (SSSR count). The predicted octanol–water partition coefficient (Wildman–Crippen LogP) is 3.88. The summed E-state index contributed by atoms with van der Waals surface area (Å²) in [6, 6.07) is 10.7. The van der Waals surface area contributed by atoms with Crippen LogP contribution in [0.2, 0.25) is 5.02 Å². The summed E-state index contributed by atoms with van der Waals surface area (Å²) < 4.78 is 0.953. The second kappa shape index (κ2) is 7.05. The van der Waals surface area contributed by atoms with Crippen molar-refractivity contribution in [2.24, 2.45) is 0 Å². The predicted molar refractivity (Wildman–Crippen MR) is 104 cm³/mol. The molecule has 3 aromatic rings. The van der Waals surface area contributed by atoms with E-state index in [2.05, 4.69) is 10.3 Å². The molecule has 2 aromatic heterocycles. The van der Waals surface area contributed by atoms with Gasteiger partial charge in [-0.25, -0.2) is 0 Å². The molecule has 0 radical (unpaired) electrons. The molecule has 1 atom stereocenters. The first-order valence-corrected chi connectivity index (χ1v) is 9.54. The summed E-state index contributed by atoms with van der Waals surface area (Å²) in [5.74, 6) is -0.419. The molecule has 0 bridgehead atoms. The normalized spacial score (nSPS) is 17.5. The van der Waals surface area contributed by atoms with E-state index in [1.807, 2.05) is 30.3 Å². The van der Waals surface area contributed by atoms with Crippen molar-refractivity contribution in [3.63, 3.8) is 0 Å². The van der Waals surface area contributed by atoms with Gasteiger partial charge < -0.3 is 10.2 Å². The first-order valence-electron chi connectivity index (χ1n) is 8.34. The standard InChI is InChI=1S/C19H16ClN3O2S/c20-16-13-6-1-2-8-15(13)26-17(16)18(24)22-14-7-4-10-23(19(14)25)12-5-3-9-21-11-12/h1-3,5-6,8-9,11,14H,4,7,10H2,(H,22,24). The zero-order valence-corrected chi connectivity index (χ0v) is 15.4. The Labute approximate surface area is 159 Å². The lowest BCUT2D eigenvalue weighted by Crippen LogP contribution is -2.52. The van der Waals surface area contributed by atoms with Crippen LogP contribution < -0.4 is 10.2 Å². The largest absolute Gasteiger partial charge is 0.339 e. The van der Waals surface area contributed by atoms with Gasteiger partial charge in [0.15, 0.2) is 0 Å². The molecule has 1 N–H and O–H groups in total. The molecule has 132 valence electrons. The SMILES string of the molecule is O=C(NC1CCCN(c2cccnc2)C1=O)c1sc2ccccc2c1Cl. The Kier molecular flexibility index (Phi) is 4.61. The van der Waals surface area contributed by atoms with E-state index in [0.29, 0.717) is 22.9 Å². The summed E-state index contributed by atoms with van der Waals surface area (Å²) in [6.45, 7) is 0.626. The van der Waals surface area contributed by atoms with Crippen LogP contribution in [0.4, 0.5) is 5.69 Å². The molecule has 1 aliphatic heterocycles. The molecule has 0 aliphatic carbocycles. The minimum absolute atomic E-state index is 0.116. The number of anilines is 1. The van der Waals surface area contributed by atoms with Gasteiger partial charge in [-0.2, -0.15) is 0 Å². The number of fused-ring (bicyclic) bond motifs is 1. The molecular formula is C19H16ClN3O2S. The van der Waals surface area contributed by atoms with Gasteiger partial charge in [0, 0.05) is 22.8 Å². The zero-order valence-electron chi connectivity index (χ0n) is 13.8. The topological polar surface area (TPSA) is 62.3 Å². The van der Waals surface area contributed by atoms with Crippen LogP contribution in [0.1, 0.15) is 22.5 Å². The van der Waals surface area contributed by atoms with E-state index in [1.54, 1.807) is 23.4 Å². The molecule has 2 amide bonds. The summed E-state index contributed by atoms with van der Waals surface area (Å²) in [5, 5.41) is 4.16. The Morgan fingerprint density at radius 3 is 2.88 bits per heavy atom. The fourth-order valence-electron chi connectivity index (χ4n) is 3.16. The Morgan fingerprint density at radius 2 is 2.12 bits per heavy atom. The van der Waals surface area contributed by atoms with E-state index in [0.717, 1.165) is 22.2 Å². The number of pyridine rings is 1. The van der Waals surface area contributed by atoms with Crippen molar-refractivity contribution in [1.82, 2.24) is 10.3 Å². The molecule has 1 aromatic carbocycles. The van der Waals surface area contributed by atoms with Gasteiger partial charge in [-0.3, -0.25) is 14.6 Å². The van der Waals surface area contributed by atoms with E-state index >= 15 is 0 Å². The molecule has 1 unspecified atom stereocenters. The van der Waals surface area contributed by atoms with Crippen molar-refractivity contribution in [2.45, 2.75) is 18.9 Å². The molecule has 1 fully saturated rings. The molecule has 26 heavy (non-hydrogen) atoms. The minimum atomic E-state index is -0.558. The lowest BCUT2D eigenvalue weighted by Gasteiger charge is -2.32. The fourth-order valence-corrected chi connectivity index (χ4v) is 4.58. The molecular weight excluding hydrogens is 370 g/mol. The van der Waals surface area contributed by atoms with Gasteiger partial charge in [-0.1, -0.05) is 29.8 Å². The third-order valence-electron chi connectivity index (χ3n) is 4.44. The van der Waals surface area contributed by atoms with Gasteiger partial charge in [-0.15, -0.1) is 11.3 Å². The Bertz CT molecular complexity index is 973. The third kappa shape index (κ3) is 3.06. The number of rotatable bonds is 3. The number of hydrogen-bond acceptors (Lipinski definition) is 4. The number of thiophene rings is 1. The van der Waals surface area contributed by atoms with Gasteiger partial charge in [0.1, 0.15) is 10.9 Å². The summed E-state index contributed by atoms with van der Waals surface area (Å²) >= 11 is 7.72. The number of hydrogen-bond donors (Lipinski definition) is 1. The van der Waals surface area contributed by atoms with E-state index in [4.69, 9.17) is 11.6 Å². The summed E-state index contributed by atoms with van der Waals surface area (Å²) in [4.78, 5) is 31.7. The average Bonchev–Trinajstić information content (AvgIpc) is 3.01. The monoisotopic (exact) mass is 385 g/mol. The van der Waals surface area contributed by atoms with Crippen molar-refractivity contribution in [2.75, 3.05) is 11.4 Å². The average molecular weight is 386 g/mol. The molecule has 1 aliphatic rings. The van der Waals surface area contributed by atoms with Gasteiger partial charge in [0.2, 0.25) is 5.91 Å². The van der Waals surface area contributed by atoms with Crippen LogP contribution in [0.5, 0.6) is 0 Å². The van der Waals surface area contributed by atoms with E-state index in [-0.39, 0.29) is 11.8 Å². The van der Waals surface area contributed by atoms with Crippen LogP contribution in [0, 0.1) is 0 Å². The van der Waals surface area contributed by atoms with E-state index in [1.165, 1.54) is 11.3 Å². The number of piperidine rings is 1. The summed E-state index contributed by atoms with van der Waals surface area (Å²) in [6.07, 6.45) is 4.75. The lowest BCUT2D eigenvalue weighted by molar-refractivity contribution is -0.121. The summed E-state index contributed by atoms with van der Waals surface area (Å²) in [7, 11) is 0. The Morgan fingerprint density at radius 1 is 1.27 bits per heavy atom. The number of carbonyl (C=O) groups is 2. The molecule has 5 nitrogen and oxygen atoms in total.